The quantitative estimate of drug-likeness (QED) is 0.321. The average molecular weight is 454 g/mol. The zero-order valence-corrected chi connectivity index (χ0v) is 22.7. The van der Waals surface area contributed by atoms with E-state index in [1.54, 1.807) is 0 Å². The maximum Gasteiger partial charge on any atom is -0.147 e. The Labute approximate surface area is 177 Å². The summed E-state index contributed by atoms with van der Waals surface area (Å²) >= 11 is 2.27. The van der Waals surface area contributed by atoms with Crippen LogP contribution in [0.2, 0.25) is 52.4 Å². The van der Waals surface area contributed by atoms with Crippen molar-refractivity contribution >= 4 is 47.1 Å². The molecule has 0 aromatic carbocycles. The molecule has 136 valence electrons. The molecule has 0 aromatic rings. The normalized spacial score (nSPS) is 14.9. The van der Waals surface area contributed by atoms with E-state index in [1.807, 2.05) is 0 Å². The van der Waals surface area contributed by atoms with Crippen LogP contribution < -0.4 is 0 Å². The summed E-state index contributed by atoms with van der Waals surface area (Å²) < 4.78 is 0. The second-order valence-electron chi connectivity index (χ2n) is 7.89. The summed E-state index contributed by atoms with van der Waals surface area (Å²) in [6, 6.07) is 0. The molecule has 0 amide bonds. The molecule has 0 nitrogen and oxygen atoms in total. The summed E-state index contributed by atoms with van der Waals surface area (Å²) in [5.41, 5.74) is 0. The fourth-order valence-electron chi connectivity index (χ4n) is 1.84. The maximum atomic E-state index is 3.36. The fourth-order valence-corrected chi connectivity index (χ4v) is 4.34. The summed E-state index contributed by atoms with van der Waals surface area (Å²) in [4.78, 5) is 0. The summed E-state index contributed by atoms with van der Waals surface area (Å²) in [5, 5.41) is 2.98. The molecule has 0 bridgehead atoms. The molecular formula is C18H34Cl2Si3Ti. The summed E-state index contributed by atoms with van der Waals surface area (Å²) in [5.74, 6) is 0. The van der Waals surface area contributed by atoms with Crippen LogP contribution in [0.4, 0.5) is 0 Å². The molecule has 0 heterocycles. The molecule has 0 aliphatic heterocycles. The van der Waals surface area contributed by atoms with Gasteiger partial charge in [0.25, 0.3) is 0 Å². The van der Waals surface area contributed by atoms with Gasteiger partial charge >= 0.3 is 38.5 Å². The van der Waals surface area contributed by atoms with Crippen molar-refractivity contribution in [3.05, 3.63) is 46.8 Å². The molecule has 2 aliphatic rings. The fraction of sp³-hybridized carbons (Fsp3) is 0.556. The largest absolute Gasteiger partial charge is 0.147 e. The molecule has 0 N–H and O–H groups in total. The number of hydrogen-bond acceptors (Lipinski definition) is 0. The molecule has 0 saturated heterocycles. The molecule has 0 radical (unpaired) electrons. The van der Waals surface area contributed by atoms with Crippen LogP contribution >= 0.6 is 24.8 Å². The van der Waals surface area contributed by atoms with E-state index in [-0.39, 0.29) is 31.0 Å². The van der Waals surface area contributed by atoms with Gasteiger partial charge in [0.2, 0.25) is 0 Å². The van der Waals surface area contributed by atoms with E-state index in [4.69, 9.17) is 0 Å². The van der Waals surface area contributed by atoms with Gasteiger partial charge in [-0.2, -0.15) is 12.2 Å². The van der Waals surface area contributed by atoms with Gasteiger partial charge in [0.1, 0.15) is 0 Å². The van der Waals surface area contributed by atoms with Gasteiger partial charge in [0.05, 0.1) is 0 Å². The van der Waals surface area contributed by atoms with Crippen LogP contribution in [0.5, 0.6) is 0 Å². The van der Waals surface area contributed by atoms with Gasteiger partial charge in [0.15, 0.2) is 0 Å². The molecule has 6 heteroatoms. The molecule has 0 unspecified atom stereocenters. The van der Waals surface area contributed by atoms with E-state index in [0.717, 1.165) is 12.8 Å². The smallest absolute Gasteiger partial charge is 0.147 e. The number of allylic oxidation sites excluding steroid dienone is 8. The Morgan fingerprint density at radius 3 is 1.12 bits per heavy atom. The van der Waals surface area contributed by atoms with E-state index >= 15 is 0 Å². The third-order valence-corrected chi connectivity index (χ3v) is 6.92. The zero-order valence-electron chi connectivity index (χ0n) is 16.5. The zero-order chi connectivity index (χ0) is 17.4. The number of rotatable bonds is 2. The van der Waals surface area contributed by atoms with Gasteiger partial charge < -0.3 is 0 Å². The molecule has 0 atom stereocenters. The van der Waals surface area contributed by atoms with E-state index < -0.39 is 16.1 Å². The second kappa shape index (κ2) is 14.0. The van der Waals surface area contributed by atoms with Crippen LogP contribution in [0, 0.1) is 12.2 Å². The van der Waals surface area contributed by atoms with E-state index in [0.29, 0.717) is 0 Å². The minimum Gasteiger partial charge on any atom is -0.147 e. The van der Waals surface area contributed by atoms with Crippen molar-refractivity contribution < 1.29 is 19.2 Å². The van der Waals surface area contributed by atoms with E-state index in [1.165, 1.54) is 10.4 Å². The third-order valence-electron chi connectivity index (χ3n) is 3.01. The summed E-state index contributed by atoms with van der Waals surface area (Å²) in [6.07, 6.45) is 17.8. The van der Waals surface area contributed by atoms with E-state index in [9.17, 15) is 0 Å². The van der Waals surface area contributed by atoms with Crippen molar-refractivity contribution in [1.29, 1.82) is 0 Å². The first kappa shape index (κ1) is 29.7. The minimum absolute atomic E-state index is 0. The van der Waals surface area contributed by atoms with Gasteiger partial charge in [-0.25, -0.2) is 22.5 Å². The van der Waals surface area contributed by atoms with Crippen molar-refractivity contribution in [2.75, 3.05) is 0 Å². The van der Waals surface area contributed by atoms with Gasteiger partial charge in [-0.1, -0.05) is 39.3 Å². The molecule has 0 fully saturated rings. The minimum atomic E-state index is -1.01. The van der Waals surface area contributed by atoms with Crippen molar-refractivity contribution in [3.63, 3.8) is 0 Å². The molecular weight excluding hydrogens is 419 g/mol. The van der Waals surface area contributed by atoms with Gasteiger partial charge in [-0.15, -0.1) is 37.7 Å². The number of halogens is 2. The molecule has 2 rings (SSSR count). The van der Waals surface area contributed by atoms with Gasteiger partial charge in [0, 0.05) is 16.1 Å². The Morgan fingerprint density at radius 2 is 1.04 bits per heavy atom. The standard InChI is InChI=1S/2C8H13Si.C2H6Si.2ClH.Ti/c2*1-9(2,3)8-6-4-5-7-8;1-3-2;;;/h2*4,6H,5H2,1-3H3;1-2H3;2*1H;/q2*-1;;;;+2. The Kier molecular flexibility index (Phi) is 17.3. The molecule has 24 heavy (non-hydrogen) atoms. The monoisotopic (exact) mass is 452 g/mol. The van der Waals surface area contributed by atoms with Crippen LogP contribution in [0.3, 0.4) is 0 Å². The van der Waals surface area contributed by atoms with Crippen molar-refractivity contribution in [1.82, 2.24) is 0 Å². The molecule has 0 saturated carbocycles. The van der Waals surface area contributed by atoms with Crippen molar-refractivity contribution in [2.24, 2.45) is 0 Å². The topological polar surface area (TPSA) is 0 Å². The van der Waals surface area contributed by atoms with Crippen LogP contribution in [0.25, 0.3) is 0 Å². The molecule has 2 aliphatic carbocycles. The Bertz CT molecular complexity index is 449. The Balaban J connectivity index is -0.000000283. The molecule has 0 aromatic heterocycles. The van der Waals surface area contributed by atoms with Crippen LogP contribution in [0.1, 0.15) is 12.8 Å². The predicted molar refractivity (Wildman–Crippen MR) is 120 cm³/mol. The predicted octanol–water partition coefficient (Wildman–Crippen LogP) is 6.73. The summed E-state index contributed by atoms with van der Waals surface area (Å²) in [6.45, 7) is 18.7. The maximum absolute atomic E-state index is 3.36. The first-order valence-electron chi connectivity index (χ1n) is 8.02. The average Bonchev–Trinajstić information content (AvgIpc) is 3.02. The summed E-state index contributed by atoms with van der Waals surface area (Å²) in [7, 11) is -2.01. The van der Waals surface area contributed by atoms with Crippen LogP contribution in [0.15, 0.2) is 34.7 Å². The third kappa shape index (κ3) is 15.2. The molecule has 0 spiro atoms. The van der Waals surface area contributed by atoms with Crippen molar-refractivity contribution in [2.45, 2.75) is 65.2 Å². The van der Waals surface area contributed by atoms with Crippen LogP contribution in [-0.4, -0.2) is 22.3 Å². The van der Waals surface area contributed by atoms with Crippen molar-refractivity contribution in [3.8, 4) is 0 Å². The Morgan fingerprint density at radius 1 is 0.792 bits per heavy atom. The first-order valence-corrected chi connectivity index (χ1v) is 19.9. The van der Waals surface area contributed by atoms with Crippen LogP contribution in [-0.2, 0) is 19.2 Å². The number of hydrogen-bond donors (Lipinski definition) is 0. The van der Waals surface area contributed by atoms with E-state index in [2.05, 4.69) is 108 Å². The first-order chi connectivity index (χ1) is 9.94. The van der Waals surface area contributed by atoms with Gasteiger partial charge in [-0.3, -0.25) is 12.2 Å². The second-order valence-corrected chi connectivity index (χ2v) is 24.7. The SMILES string of the molecule is C[Si](C)(C)C1=[C-]CC=C1.C[Si](C)(C)C1=[C-]CC=C1.C[Si](C)=[Ti+2].Cl.Cl. The Hall–Kier alpha value is 0.905. The van der Waals surface area contributed by atoms with Gasteiger partial charge in [-0.05, 0) is 0 Å².